The van der Waals surface area contributed by atoms with Gasteiger partial charge in [0, 0.05) is 47.5 Å². The number of carbonyl (C=O) groups excluding carboxylic acids is 1. The maximum atomic E-state index is 11.6. The predicted octanol–water partition coefficient (Wildman–Crippen LogP) is 2.73. The lowest BCUT2D eigenvalue weighted by molar-refractivity contribution is 0.100. The van der Waals surface area contributed by atoms with Crippen LogP contribution in [0, 0.1) is 0 Å². The summed E-state index contributed by atoms with van der Waals surface area (Å²) >= 11 is 0. The van der Waals surface area contributed by atoms with Gasteiger partial charge in [-0.3, -0.25) is 4.79 Å². The van der Waals surface area contributed by atoms with Crippen molar-refractivity contribution >= 4 is 22.5 Å². The number of nitrogens with one attached hydrogen (secondary N) is 2. The lowest BCUT2D eigenvalue weighted by Gasteiger charge is -2.22. The van der Waals surface area contributed by atoms with Gasteiger partial charge in [-0.1, -0.05) is 18.2 Å². The van der Waals surface area contributed by atoms with Gasteiger partial charge in [0.25, 0.3) is 0 Å². The monoisotopic (exact) mass is 334 g/mol. The maximum absolute atomic E-state index is 11.6. The average Bonchev–Trinajstić information content (AvgIpc) is 2.88. The van der Waals surface area contributed by atoms with Crippen molar-refractivity contribution in [1.29, 1.82) is 0 Å². The number of nitrogens with zero attached hydrogens (tertiary/aromatic N) is 1. The van der Waals surface area contributed by atoms with E-state index >= 15 is 0 Å². The Morgan fingerprint density at radius 3 is 2.68 bits per heavy atom. The van der Waals surface area contributed by atoms with Crippen LogP contribution < -0.4 is 16.0 Å². The van der Waals surface area contributed by atoms with E-state index in [9.17, 15) is 4.79 Å². The molecule has 128 valence electrons. The van der Waals surface area contributed by atoms with E-state index in [4.69, 9.17) is 5.73 Å². The third-order valence-electron chi connectivity index (χ3n) is 4.81. The minimum Gasteiger partial charge on any atom is -0.370 e. The highest BCUT2D eigenvalue weighted by Gasteiger charge is 2.12. The molecule has 25 heavy (non-hydrogen) atoms. The maximum Gasteiger partial charge on any atom is 0.249 e. The van der Waals surface area contributed by atoms with Crippen LogP contribution in [0.5, 0.6) is 0 Å². The topological polar surface area (TPSA) is 74.2 Å². The van der Waals surface area contributed by atoms with Crippen molar-refractivity contribution in [3.8, 4) is 11.3 Å². The third kappa shape index (κ3) is 3.10. The van der Waals surface area contributed by atoms with Gasteiger partial charge < -0.3 is 20.9 Å². The molecule has 0 spiro atoms. The quantitative estimate of drug-likeness (QED) is 0.689. The zero-order valence-corrected chi connectivity index (χ0v) is 14.1. The first kappa shape index (κ1) is 15.7. The smallest absolute Gasteiger partial charge is 0.249 e. The molecule has 0 unspecified atom stereocenters. The number of aromatic nitrogens is 1. The van der Waals surface area contributed by atoms with Crippen molar-refractivity contribution in [1.82, 2.24) is 10.3 Å². The van der Waals surface area contributed by atoms with E-state index < -0.39 is 5.91 Å². The van der Waals surface area contributed by atoms with Crippen LogP contribution in [0.2, 0.25) is 0 Å². The Hall–Kier alpha value is -2.79. The van der Waals surface area contributed by atoms with Crippen LogP contribution in [0.15, 0.2) is 48.5 Å². The molecule has 3 aromatic rings. The molecule has 4 rings (SSSR count). The first-order chi connectivity index (χ1) is 12.2. The Balaban J connectivity index is 1.65. The summed E-state index contributed by atoms with van der Waals surface area (Å²) in [6.07, 6.45) is 1.17. The molecule has 1 fully saturated rings. The number of hydrogen-bond acceptors (Lipinski definition) is 3. The largest absolute Gasteiger partial charge is 0.370 e. The Bertz CT molecular complexity index is 890. The molecule has 5 heteroatoms. The molecular weight excluding hydrogens is 312 g/mol. The number of primary amides is 1. The van der Waals surface area contributed by atoms with E-state index in [0.717, 1.165) is 48.3 Å². The number of anilines is 1. The second-order valence-electron chi connectivity index (χ2n) is 6.45. The van der Waals surface area contributed by atoms with Crippen molar-refractivity contribution in [2.75, 3.05) is 31.1 Å². The number of benzene rings is 2. The standard InChI is InChI=1S/C20H22N4O/c21-20(25)16-3-1-4-18-17(16)13-19(23-18)14-5-7-15(8-6-14)24-11-2-9-22-10-12-24/h1,3-8,13,22-23H,2,9-12H2,(H2,21,25). The van der Waals surface area contributed by atoms with Crippen LogP contribution in [-0.4, -0.2) is 37.1 Å². The predicted molar refractivity (Wildman–Crippen MR) is 102 cm³/mol. The summed E-state index contributed by atoms with van der Waals surface area (Å²) in [5.74, 6) is -0.402. The fourth-order valence-electron chi connectivity index (χ4n) is 3.48. The summed E-state index contributed by atoms with van der Waals surface area (Å²) in [6, 6.07) is 16.2. The summed E-state index contributed by atoms with van der Waals surface area (Å²) in [4.78, 5) is 17.4. The van der Waals surface area contributed by atoms with Gasteiger partial charge in [-0.2, -0.15) is 0 Å². The Morgan fingerprint density at radius 1 is 1.04 bits per heavy atom. The molecule has 2 aromatic carbocycles. The van der Waals surface area contributed by atoms with Crippen LogP contribution >= 0.6 is 0 Å². The molecule has 0 radical (unpaired) electrons. The third-order valence-corrected chi connectivity index (χ3v) is 4.81. The summed E-state index contributed by atoms with van der Waals surface area (Å²) in [5, 5.41) is 4.30. The van der Waals surface area contributed by atoms with Crippen LogP contribution in [0.25, 0.3) is 22.2 Å². The fraction of sp³-hybridized carbons (Fsp3) is 0.250. The van der Waals surface area contributed by atoms with Crippen molar-refractivity contribution in [2.45, 2.75) is 6.42 Å². The fourth-order valence-corrected chi connectivity index (χ4v) is 3.48. The molecule has 1 aliphatic rings. The number of aromatic amines is 1. The van der Waals surface area contributed by atoms with E-state index in [1.165, 1.54) is 12.1 Å². The molecule has 5 nitrogen and oxygen atoms in total. The highest BCUT2D eigenvalue weighted by Crippen LogP contribution is 2.28. The summed E-state index contributed by atoms with van der Waals surface area (Å²) < 4.78 is 0. The van der Waals surface area contributed by atoms with Crippen LogP contribution in [0.1, 0.15) is 16.8 Å². The van der Waals surface area contributed by atoms with Gasteiger partial charge in [-0.05, 0) is 48.9 Å². The lowest BCUT2D eigenvalue weighted by atomic mass is 10.1. The number of hydrogen-bond donors (Lipinski definition) is 3. The first-order valence-electron chi connectivity index (χ1n) is 8.70. The summed E-state index contributed by atoms with van der Waals surface area (Å²) in [7, 11) is 0. The van der Waals surface area contributed by atoms with Gasteiger partial charge in [0.05, 0.1) is 0 Å². The van der Waals surface area contributed by atoms with E-state index in [1.807, 2.05) is 18.2 Å². The van der Waals surface area contributed by atoms with Crippen LogP contribution in [-0.2, 0) is 0 Å². The normalized spacial score (nSPS) is 15.3. The molecule has 0 atom stereocenters. The molecule has 0 aliphatic carbocycles. The minimum absolute atomic E-state index is 0.402. The second kappa shape index (κ2) is 6.61. The van der Waals surface area contributed by atoms with Crippen LogP contribution in [0.3, 0.4) is 0 Å². The van der Waals surface area contributed by atoms with Crippen LogP contribution in [0.4, 0.5) is 5.69 Å². The lowest BCUT2D eigenvalue weighted by Crippen LogP contribution is -2.27. The summed E-state index contributed by atoms with van der Waals surface area (Å²) in [6.45, 7) is 4.24. The SMILES string of the molecule is NC(=O)c1cccc2[nH]c(-c3ccc(N4CCCNCC4)cc3)cc12. The molecule has 4 N–H and O–H groups in total. The molecule has 1 aromatic heterocycles. The second-order valence-corrected chi connectivity index (χ2v) is 6.45. The number of H-pyrrole nitrogens is 1. The molecule has 1 saturated heterocycles. The number of rotatable bonds is 3. The zero-order chi connectivity index (χ0) is 17.2. The van der Waals surface area contributed by atoms with Gasteiger partial charge in [0.2, 0.25) is 5.91 Å². The van der Waals surface area contributed by atoms with E-state index in [-0.39, 0.29) is 0 Å². The summed E-state index contributed by atoms with van der Waals surface area (Å²) in [5.41, 5.74) is 10.3. The van der Waals surface area contributed by atoms with E-state index in [2.05, 4.69) is 39.5 Å². The van der Waals surface area contributed by atoms with Gasteiger partial charge in [0.15, 0.2) is 0 Å². The number of fused-ring (bicyclic) bond motifs is 1. The number of nitrogens with two attached hydrogens (primary N) is 1. The molecule has 1 aliphatic heterocycles. The van der Waals surface area contributed by atoms with Crippen molar-refractivity contribution in [2.24, 2.45) is 5.73 Å². The zero-order valence-electron chi connectivity index (χ0n) is 14.1. The number of carbonyl (C=O) groups is 1. The van der Waals surface area contributed by atoms with E-state index in [1.54, 1.807) is 6.07 Å². The van der Waals surface area contributed by atoms with Gasteiger partial charge in [-0.25, -0.2) is 0 Å². The van der Waals surface area contributed by atoms with E-state index in [0.29, 0.717) is 5.56 Å². The highest BCUT2D eigenvalue weighted by atomic mass is 16.1. The number of amides is 1. The van der Waals surface area contributed by atoms with Crippen molar-refractivity contribution in [3.05, 3.63) is 54.1 Å². The molecule has 0 bridgehead atoms. The first-order valence-corrected chi connectivity index (χ1v) is 8.70. The van der Waals surface area contributed by atoms with Crippen molar-refractivity contribution in [3.63, 3.8) is 0 Å². The van der Waals surface area contributed by atoms with Crippen molar-refractivity contribution < 1.29 is 4.79 Å². The molecule has 2 heterocycles. The van der Waals surface area contributed by atoms with Gasteiger partial charge in [-0.15, -0.1) is 0 Å². The Kier molecular flexibility index (Phi) is 4.15. The molecular formula is C20H22N4O. The minimum atomic E-state index is -0.402. The van der Waals surface area contributed by atoms with Gasteiger partial charge >= 0.3 is 0 Å². The van der Waals surface area contributed by atoms with Gasteiger partial charge in [0.1, 0.15) is 0 Å². The molecule has 1 amide bonds. The Labute approximate surface area is 146 Å². The molecule has 0 saturated carbocycles. The average molecular weight is 334 g/mol. The highest BCUT2D eigenvalue weighted by molar-refractivity contribution is 6.06. The Morgan fingerprint density at radius 2 is 1.88 bits per heavy atom.